The van der Waals surface area contributed by atoms with Crippen molar-refractivity contribution >= 4 is 0 Å². The number of nitrogens with zero attached hydrogens (tertiary/aromatic N) is 2. The van der Waals surface area contributed by atoms with Crippen molar-refractivity contribution < 1.29 is 5.11 Å². The highest BCUT2D eigenvalue weighted by Gasteiger charge is 2.26. The topological polar surface area (TPSA) is 38.0 Å². The first-order valence-corrected chi connectivity index (χ1v) is 6.33. The van der Waals surface area contributed by atoms with Gasteiger partial charge >= 0.3 is 0 Å². The van der Waals surface area contributed by atoms with Crippen LogP contribution in [-0.2, 0) is 0 Å². The number of benzene rings is 1. The minimum absolute atomic E-state index is 0.0406. The van der Waals surface area contributed by atoms with Crippen LogP contribution in [0.15, 0.2) is 42.7 Å². The van der Waals surface area contributed by atoms with E-state index < -0.39 is 6.10 Å². The summed E-state index contributed by atoms with van der Waals surface area (Å²) < 4.78 is 1.87. The molecule has 18 heavy (non-hydrogen) atoms. The van der Waals surface area contributed by atoms with Gasteiger partial charge in [0.2, 0.25) is 0 Å². The molecule has 0 saturated carbocycles. The lowest BCUT2D eigenvalue weighted by atomic mass is 9.93. The third-order valence-electron chi connectivity index (χ3n) is 3.18. The van der Waals surface area contributed by atoms with Crippen molar-refractivity contribution in [1.82, 2.24) is 9.78 Å². The van der Waals surface area contributed by atoms with Crippen LogP contribution in [0, 0.1) is 12.8 Å². The summed E-state index contributed by atoms with van der Waals surface area (Å²) >= 11 is 0. The van der Waals surface area contributed by atoms with Crippen molar-refractivity contribution in [3.63, 3.8) is 0 Å². The SMILES string of the molecule is Cc1cnn(C(C(C)C)C(O)c2ccccc2)c1. The summed E-state index contributed by atoms with van der Waals surface area (Å²) in [5.41, 5.74) is 2.05. The van der Waals surface area contributed by atoms with Gasteiger partial charge in [0.25, 0.3) is 0 Å². The smallest absolute Gasteiger partial charge is 0.102 e. The molecule has 1 aromatic carbocycles. The van der Waals surface area contributed by atoms with Gasteiger partial charge in [-0.15, -0.1) is 0 Å². The normalized spacial score (nSPS) is 14.7. The summed E-state index contributed by atoms with van der Waals surface area (Å²) in [4.78, 5) is 0. The minimum Gasteiger partial charge on any atom is -0.386 e. The molecule has 1 heterocycles. The number of hydrogen-bond donors (Lipinski definition) is 1. The molecule has 0 bridgehead atoms. The largest absolute Gasteiger partial charge is 0.386 e. The Balaban J connectivity index is 2.31. The zero-order valence-corrected chi connectivity index (χ0v) is 11.1. The average molecular weight is 244 g/mol. The zero-order chi connectivity index (χ0) is 13.1. The highest BCUT2D eigenvalue weighted by Crippen LogP contribution is 2.31. The van der Waals surface area contributed by atoms with E-state index in [1.54, 1.807) is 0 Å². The van der Waals surface area contributed by atoms with E-state index in [2.05, 4.69) is 18.9 Å². The third kappa shape index (κ3) is 2.62. The first-order chi connectivity index (χ1) is 8.59. The summed E-state index contributed by atoms with van der Waals surface area (Å²) in [5.74, 6) is 0.305. The van der Waals surface area contributed by atoms with Gasteiger partial charge in [0.1, 0.15) is 6.10 Å². The van der Waals surface area contributed by atoms with E-state index >= 15 is 0 Å². The van der Waals surface area contributed by atoms with Crippen LogP contribution in [0.3, 0.4) is 0 Å². The van der Waals surface area contributed by atoms with Crippen molar-refractivity contribution in [2.45, 2.75) is 32.9 Å². The molecule has 2 unspecified atom stereocenters. The van der Waals surface area contributed by atoms with Crippen LogP contribution in [0.25, 0.3) is 0 Å². The molecule has 0 amide bonds. The van der Waals surface area contributed by atoms with Gasteiger partial charge in [-0.25, -0.2) is 0 Å². The predicted octanol–water partition coefficient (Wildman–Crippen LogP) is 3.12. The van der Waals surface area contributed by atoms with E-state index in [1.807, 2.05) is 54.3 Å². The van der Waals surface area contributed by atoms with Gasteiger partial charge in [-0.05, 0) is 24.0 Å². The van der Waals surface area contributed by atoms with Crippen molar-refractivity contribution in [2.24, 2.45) is 5.92 Å². The fourth-order valence-corrected chi connectivity index (χ4v) is 2.26. The molecule has 2 atom stereocenters. The second-order valence-electron chi connectivity index (χ2n) is 5.09. The maximum Gasteiger partial charge on any atom is 0.102 e. The van der Waals surface area contributed by atoms with Crippen LogP contribution in [0.4, 0.5) is 0 Å². The van der Waals surface area contributed by atoms with Crippen molar-refractivity contribution in [2.75, 3.05) is 0 Å². The molecule has 96 valence electrons. The summed E-state index contributed by atoms with van der Waals surface area (Å²) in [6.45, 7) is 6.22. The van der Waals surface area contributed by atoms with Crippen LogP contribution >= 0.6 is 0 Å². The molecule has 0 radical (unpaired) electrons. The number of rotatable bonds is 4. The maximum absolute atomic E-state index is 10.6. The lowest BCUT2D eigenvalue weighted by Gasteiger charge is -2.27. The maximum atomic E-state index is 10.6. The van der Waals surface area contributed by atoms with Gasteiger partial charge < -0.3 is 5.11 Å². The fraction of sp³-hybridized carbons (Fsp3) is 0.400. The number of aliphatic hydroxyl groups is 1. The Kier molecular flexibility index (Phi) is 3.82. The second-order valence-corrected chi connectivity index (χ2v) is 5.09. The first-order valence-electron chi connectivity index (χ1n) is 6.33. The van der Waals surface area contributed by atoms with Gasteiger partial charge in [-0.1, -0.05) is 44.2 Å². The van der Waals surface area contributed by atoms with Gasteiger partial charge in [0.15, 0.2) is 0 Å². The van der Waals surface area contributed by atoms with E-state index in [0.717, 1.165) is 11.1 Å². The summed E-state index contributed by atoms with van der Waals surface area (Å²) in [6.07, 6.45) is 3.27. The van der Waals surface area contributed by atoms with E-state index in [4.69, 9.17) is 0 Å². The number of hydrogen-bond acceptors (Lipinski definition) is 2. The standard InChI is InChI=1S/C15H20N2O/c1-11(2)14(17-10-12(3)9-16-17)15(18)13-7-5-4-6-8-13/h4-11,14-15,18H,1-3H3. The summed E-state index contributed by atoms with van der Waals surface area (Å²) in [6, 6.07) is 9.72. The van der Waals surface area contributed by atoms with E-state index in [0.29, 0.717) is 5.92 Å². The lowest BCUT2D eigenvalue weighted by molar-refractivity contribution is 0.0800. The molecule has 3 heteroatoms. The molecule has 2 aromatic rings. The van der Waals surface area contributed by atoms with Crippen LogP contribution < -0.4 is 0 Å². The molecule has 0 aliphatic heterocycles. The van der Waals surface area contributed by atoms with Gasteiger partial charge in [0, 0.05) is 6.20 Å². The molecule has 1 N–H and O–H groups in total. The highest BCUT2D eigenvalue weighted by atomic mass is 16.3. The molecule has 2 rings (SSSR count). The molecule has 0 saturated heterocycles. The van der Waals surface area contributed by atoms with Gasteiger partial charge in [-0.3, -0.25) is 4.68 Å². The number of aromatic nitrogens is 2. The quantitative estimate of drug-likeness (QED) is 0.897. The van der Waals surface area contributed by atoms with Crippen LogP contribution in [0.2, 0.25) is 0 Å². The monoisotopic (exact) mass is 244 g/mol. The average Bonchev–Trinajstić information content (AvgIpc) is 2.76. The van der Waals surface area contributed by atoms with E-state index in [9.17, 15) is 5.11 Å². The lowest BCUT2D eigenvalue weighted by Crippen LogP contribution is -2.23. The Bertz CT molecular complexity index is 490. The molecule has 1 aromatic heterocycles. The zero-order valence-electron chi connectivity index (χ0n) is 11.1. The fourth-order valence-electron chi connectivity index (χ4n) is 2.26. The molecular formula is C15H20N2O. The van der Waals surface area contributed by atoms with Crippen LogP contribution in [0.1, 0.15) is 37.1 Å². The predicted molar refractivity (Wildman–Crippen MR) is 72.2 cm³/mol. The Morgan fingerprint density at radius 1 is 1.17 bits per heavy atom. The number of aryl methyl sites for hydroxylation is 1. The van der Waals surface area contributed by atoms with Gasteiger partial charge in [0.05, 0.1) is 12.2 Å². The van der Waals surface area contributed by atoms with Gasteiger partial charge in [-0.2, -0.15) is 5.10 Å². The Morgan fingerprint density at radius 3 is 2.33 bits per heavy atom. The molecule has 0 aliphatic carbocycles. The second kappa shape index (κ2) is 5.36. The number of aliphatic hydroxyl groups excluding tert-OH is 1. The highest BCUT2D eigenvalue weighted by molar-refractivity contribution is 5.19. The van der Waals surface area contributed by atoms with E-state index in [1.165, 1.54) is 0 Å². The van der Waals surface area contributed by atoms with Crippen molar-refractivity contribution in [1.29, 1.82) is 0 Å². The van der Waals surface area contributed by atoms with E-state index in [-0.39, 0.29) is 6.04 Å². The molecule has 0 spiro atoms. The van der Waals surface area contributed by atoms with Crippen molar-refractivity contribution in [3.05, 3.63) is 53.9 Å². The minimum atomic E-state index is -0.537. The Morgan fingerprint density at radius 2 is 1.83 bits per heavy atom. The third-order valence-corrected chi connectivity index (χ3v) is 3.18. The molecule has 0 aliphatic rings. The molecule has 0 fully saturated rings. The van der Waals surface area contributed by atoms with Crippen LogP contribution in [-0.4, -0.2) is 14.9 Å². The van der Waals surface area contributed by atoms with Crippen molar-refractivity contribution in [3.8, 4) is 0 Å². The Labute approximate surface area is 108 Å². The molecular weight excluding hydrogens is 224 g/mol. The summed E-state index contributed by atoms with van der Waals surface area (Å²) in [5, 5.41) is 14.9. The van der Waals surface area contributed by atoms with Crippen LogP contribution in [0.5, 0.6) is 0 Å². The Hall–Kier alpha value is -1.61. The molecule has 3 nitrogen and oxygen atoms in total. The summed E-state index contributed by atoms with van der Waals surface area (Å²) in [7, 11) is 0. The first kappa shape index (κ1) is 12.8.